The number of hydrogen-bond donors (Lipinski definition) is 0. The Kier molecular flexibility index (Phi) is 3.97. The fourth-order valence-electron chi connectivity index (χ4n) is 1.83. The molecule has 1 amide bonds. The molecule has 0 unspecified atom stereocenters. The van der Waals surface area contributed by atoms with Gasteiger partial charge in [0.15, 0.2) is 0 Å². The minimum Gasteiger partial charge on any atom is -0.337 e. The Morgan fingerprint density at radius 3 is 2.59 bits per heavy atom. The first-order valence-corrected chi connectivity index (χ1v) is 6.69. The molecule has 0 spiro atoms. The monoisotopic (exact) mass is 250 g/mol. The van der Waals surface area contributed by atoms with Crippen LogP contribution in [0.5, 0.6) is 0 Å². The van der Waals surface area contributed by atoms with Gasteiger partial charge >= 0.3 is 0 Å². The number of hydrogen-bond acceptors (Lipinski definition) is 3. The quantitative estimate of drug-likeness (QED) is 0.748. The molecule has 1 aliphatic heterocycles. The molecule has 0 radical (unpaired) electrons. The van der Waals surface area contributed by atoms with Crippen LogP contribution in [0.15, 0.2) is 18.2 Å². The molecule has 1 saturated heterocycles. The number of carbonyl (C=O) groups excluding carboxylic acids is 1. The molecule has 1 aromatic rings. The number of rotatable bonds is 2. The lowest BCUT2D eigenvalue weighted by molar-refractivity contribution is -0.127. The van der Waals surface area contributed by atoms with Gasteiger partial charge in [0, 0.05) is 42.0 Å². The van der Waals surface area contributed by atoms with Gasteiger partial charge in [-0.1, -0.05) is 0 Å². The smallest absolute Gasteiger partial charge is 0.246 e. The molecule has 92 valence electrons. The third kappa shape index (κ3) is 3.41. The Bertz CT molecular complexity index is 417. The van der Waals surface area contributed by atoms with E-state index in [4.69, 9.17) is 0 Å². The van der Waals surface area contributed by atoms with Crippen molar-refractivity contribution in [3.05, 3.63) is 28.0 Å². The van der Waals surface area contributed by atoms with Gasteiger partial charge < -0.3 is 9.80 Å². The van der Waals surface area contributed by atoms with Gasteiger partial charge in [0.1, 0.15) is 0 Å². The third-order valence-electron chi connectivity index (χ3n) is 2.97. The number of amides is 1. The van der Waals surface area contributed by atoms with Crippen LogP contribution in [0.3, 0.4) is 0 Å². The highest BCUT2D eigenvalue weighted by Crippen LogP contribution is 2.16. The Labute approximate surface area is 106 Å². The zero-order chi connectivity index (χ0) is 12.3. The van der Waals surface area contributed by atoms with Crippen LogP contribution in [-0.4, -0.2) is 48.9 Å². The highest BCUT2D eigenvalue weighted by atomic mass is 32.1. The molecule has 2 rings (SSSR count). The molecule has 1 aliphatic rings. The third-order valence-corrected chi connectivity index (χ3v) is 3.93. The summed E-state index contributed by atoms with van der Waals surface area (Å²) in [5.74, 6) is 0.129. The lowest BCUT2D eigenvalue weighted by atomic mass is 10.3. The Morgan fingerprint density at radius 1 is 1.29 bits per heavy atom. The van der Waals surface area contributed by atoms with E-state index >= 15 is 0 Å². The van der Waals surface area contributed by atoms with Crippen LogP contribution < -0.4 is 0 Å². The van der Waals surface area contributed by atoms with E-state index < -0.39 is 0 Å². The van der Waals surface area contributed by atoms with Gasteiger partial charge in [-0.15, -0.1) is 11.3 Å². The van der Waals surface area contributed by atoms with Crippen LogP contribution in [0.2, 0.25) is 0 Å². The Hall–Kier alpha value is -1.13. The Morgan fingerprint density at radius 2 is 2.00 bits per heavy atom. The molecule has 3 nitrogen and oxygen atoms in total. The van der Waals surface area contributed by atoms with Crippen molar-refractivity contribution in [2.75, 3.05) is 33.2 Å². The zero-order valence-corrected chi connectivity index (χ0v) is 11.2. The SMILES string of the molecule is Cc1ccc(C=CC(=O)N2CCN(C)CC2)s1. The van der Waals surface area contributed by atoms with Crippen LogP contribution >= 0.6 is 11.3 Å². The summed E-state index contributed by atoms with van der Waals surface area (Å²) in [6.07, 6.45) is 3.61. The molecule has 0 N–H and O–H groups in total. The van der Waals surface area contributed by atoms with Crippen molar-refractivity contribution in [2.45, 2.75) is 6.92 Å². The lowest BCUT2D eigenvalue weighted by Crippen LogP contribution is -2.46. The topological polar surface area (TPSA) is 23.6 Å². The fraction of sp³-hybridized carbons (Fsp3) is 0.462. The van der Waals surface area contributed by atoms with Crippen LogP contribution in [0.1, 0.15) is 9.75 Å². The van der Waals surface area contributed by atoms with Crippen LogP contribution in [0.4, 0.5) is 0 Å². The second-order valence-corrected chi connectivity index (χ2v) is 5.73. The van der Waals surface area contributed by atoms with Crippen molar-refractivity contribution in [3.8, 4) is 0 Å². The van der Waals surface area contributed by atoms with Gasteiger partial charge in [0.2, 0.25) is 5.91 Å². The van der Waals surface area contributed by atoms with Crippen LogP contribution in [0.25, 0.3) is 6.08 Å². The Balaban J connectivity index is 1.90. The summed E-state index contributed by atoms with van der Waals surface area (Å²) in [4.78, 5) is 18.5. The molecule has 2 heterocycles. The first-order chi connectivity index (χ1) is 8.15. The molecule has 17 heavy (non-hydrogen) atoms. The first kappa shape index (κ1) is 12.3. The van der Waals surface area contributed by atoms with Crippen LogP contribution in [0, 0.1) is 6.92 Å². The van der Waals surface area contributed by atoms with E-state index in [2.05, 4.69) is 24.9 Å². The standard InChI is InChI=1S/C13H18N2OS/c1-11-3-4-12(17-11)5-6-13(16)15-9-7-14(2)8-10-15/h3-6H,7-10H2,1-2H3. The van der Waals surface area contributed by atoms with E-state index in [-0.39, 0.29) is 5.91 Å². The fourth-order valence-corrected chi connectivity index (χ4v) is 2.61. The maximum atomic E-state index is 11.9. The van der Waals surface area contributed by atoms with Crippen molar-refractivity contribution in [3.63, 3.8) is 0 Å². The molecule has 0 aromatic carbocycles. The molecule has 0 atom stereocenters. The molecule has 1 aromatic heterocycles. The second-order valence-electron chi connectivity index (χ2n) is 4.41. The van der Waals surface area contributed by atoms with Crippen LogP contribution in [-0.2, 0) is 4.79 Å². The van der Waals surface area contributed by atoms with E-state index in [1.165, 1.54) is 4.88 Å². The first-order valence-electron chi connectivity index (χ1n) is 5.87. The predicted molar refractivity (Wildman–Crippen MR) is 72.2 cm³/mol. The maximum absolute atomic E-state index is 11.9. The number of carbonyl (C=O) groups is 1. The highest BCUT2D eigenvalue weighted by molar-refractivity contribution is 7.12. The number of thiophene rings is 1. The average molecular weight is 250 g/mol. The summed E-state index contributed by atoms with van der Waals surface area (Å²) in [7, 11) is 2.09. The van der Waals surface area contributed by atoms with E-state index in [1.54, 1.807) is 17.4 Å². The summed E-state index contributed by atoms with van der Waals surface area (Å²) in [6.45, 7) is 5.69. The summed E-state index contributed by atoms with van der Waals surface area (Å²) in [5.41, 5.74) is 0. The minimum absolute atomic E-state index is 0.129. The summed E-state index contributed by atoms with van der Waals surface area (Å²) >= 11 is 1.71. The second kappa shape index (κ2) is 5.47. The number of piperazine rings is 1. The van der Waals surface area contributed by atoms with Crippen molar-refractivity contribution < 1.29 is 4.79 Å². The molecular weight excluding hydrogens is 232 g/mol. The molecule has 1 fully saturated rings. The van der Waals surface area contributed by atoms with E-state index in [0.29, 0.717) is 0 Å². The highest BCUT2D eigenvalue weighted by Gasteiger charge is 2.16. The van der Waals surface area contributed by atoms with E-state index in [9.17, 15) is 4.79 Å². The van der Waals surface area contributed by atoms with Gasteiger partial charge in [-0.3, -0.25) is 4.79 Å². The van der Waals surface area contributed by atoms with Crippen molar-refractivity contribution in [1.29, 1.82) is 0 Å². The number of aryl methyl sites for hydroxylation is 1. The number of nitrogens with zero attached hydrogens (tertiary/aromatic N) is 2. The lowest BCUT2D eigenvalue weighted by Gasteiger charge is -2.31. The normalized spacial score (nSPS) is 17.9. The van der Waals surface area contributed by atoms with Crippen molar-refractivity contribution in [1.82, 2.24) is 9.80 Å². The maximum Gasteiger partial charge on any atom is 0.246 e. The van der Waals surface area contributed by atoms with E-state index in [1.807, 2.05) is 17.0 Å². The van der Waals surface area contributed by atoms with Gasteiger partial charge in [-0.2, -0.15) is 0 Å². The molecular formula is C13H18N2OS. The molecule has 0 saturated carbocycles. The summed E-state index contributed by atoms with van der Waals surface area (Å²) in [5, 5.41) is 0. The van der Waals surface area contributed by atoms with Gasteiger partial charge in [-0.25, -0.2) is 0 Å². The summed E-state index contributed by atoms with van der Waals surface area (Å²) in [6, 6.07) is 4.12. The van der Waals surface area contributed by atoms with Crippen molar-refractivity contribution in [2.24, 2.45) is 0 Å². The van der Waals surface area contributed by atoms with Crippen molar-refractivity contribution >= 4 is 23.3 Å². The zero-order valence-electron chi connectivity index (χ0n) is 10.3. The molecule has 0 aliphatic carbocycles. The predicted octanol–water partition coefficient (Wildman–Crippen LogP) is 1.84. The number of likely N-dealkylation sites (N-methyl/N-ethyl adjacent to an activating group) is 1. The summed E-state index contributed by atoms with van der Waals surface area (Å²) < 4.78 is 0. The van der Waals surface area contributed by atoms with Gasteiger partial charge in [0.25, 0.3) is 0 Å². The molecule has 0 bridgehead atoms. The van der Waals surface area contributed by atoms with Gasteiger partial charge in [0.05, 0.1) is 0 Å². The minimum atomic E-state index is 0.129. The van der Waals surface area contributed by atoms with E-state index in [0.717, 1.165) is 31.1 Å². The average Bonchev–Trinajstić information content (AvgIpc) is 2.73. The molecule has 4 heteroatoms. The largest absolute Gasteiger partial charge is 0.337 e. The van der Waals surface area contributed by atoms with Gasteiger partial charge in [-0.05, 0) is 32.2 Å².